The zero-order valence-electron chi connectivity index (χ0n) is 11.2. The van der Waals surface area contributed by atoms with Crippen LogP contribution in [0.25, 0.3) is 0 Å². The van der Waals surface area contributed by atoms with Crippen molar-refractivity contribution in [2.75, 3.05) is 0 Å². The lowest BCUT2D eigenvalue weighted by molar-refractivity contribution is 0.0999. The van der Waals surface area contributed by atoms with Crippen LogP contribution in [0.1, 0.15) is 42.0 Å². The molecule has 96 valence electrons. The number of allylic oxidation sites excluding steroid dienone is 4. The van der Waals surface area contributed by atoms with Crippen molar-refractivity contribution in [3.63, 3.8) is 0 Å². The second-order valence-corrected chi connectivity index (χ2v) is 4.13. The van der Waals surface area contributed by atoms with Gasteiger partial charge in [-0.25, -0.2) is 0 Å². The number of nitrogens with two attached hydrogens (primary N) is 1. The molecular weight excluding hydrogens is 224 g/mol. The molecule has 0 atom stereocenters. The van der Waals surface area contributed by atoms with E-state index in [1.165, 1.54) is 5.57 Å². The summed E-state index contributed by atoms with van der Waals surface area (Å²) in [5.74, 6) is -0.423. The minimum atomic E-state index is -0.423. The number of hydrogen-bond acceptors (Lipinski definition) is 2. The number of carbonyl (C=O) groups is 1. The molecule has 1 amide bonds. The molecule has 0 spiro atoms. The van der Waals surface area contributed by atoms with Crippen molar-refractivity contribution in [3.8, 4) is 0 Å². The normalized spacial score (nSPS) is 12.1. The molecular formula is C15H20N2O. The molecule has 0 unspecified atom stereocenters. The molecule has 3 nitrogen and oxygen atoms in total. The van der Waals surface area contributed by atoms with E-state index in [9.17, 15) is 4.79 Å². The Labute approximate surface area is 108 Å². The number of primary amides is 1. The van der Waals surface area contributed by atoms with E-state index in [2.05, 4.69) is 24.1 Å². The summed E-state index contributed by atoms with van der Waals surface area (Å²) in [4.78, 5) is 15.7. The van der Waals surface area contributed by atoms with Crippen molar-refractivity contribution in [1.82, 2.24) is 4.98 Å². The minimum absolute atomic E-state index is 0.423. The zero-order valence-corrected chi connectivity index (χ0v) is 11.2. The Kier molecular flexibility index (Phi) is 5.31. The highest BCUT2D eigenvalue weighted by Gasteiger charge is 2.08. The molecule has 0 radical (unpaired) electrons. The Morgan fingerprint density at radius 1 is 1.44 bits per heavy atom. The van der Waals surface area contributed by atoms with E-state index in [4.69, 9.17) is 5.73 Å². The molecule has 0 saturated carbocycles. The Balaban J connectivity index is 2.90. The van der Waals surface area contributed by atoms with Gasteiger partial charge in [-0.2, -0.15) is 0 Å². The average molecular weight is 244 g/mol. The van der Waals surface area contributed by atoms with Gasteiger partial charge >= 0.3 is 0 Å². The molecule has 0 aromatic carbocycles. The lowest BCUT2D eigenvalue weighted by atomic mass is 10.1. The van der Waals surface area contributed by atoms with Crippen LogP contribution < -0.4 is 5.73 Å². The highest BCUT2D eigenvalue weighted by atomic mass is 16.1. The van der Waals surface area contributed by atoms with E-state index < -0.39 is 5.91 Å². The van der Waals surface area contributed by atoms with E-state index in [0.29, 0.717) is 12.0 Å². The maximum atomic E-state index is 11.3. The van der Waals surface area contributed by atoms with Gasteiger partial charge in [-0.05, 0) is 32.4 Å². The number of nitrogens with zero attached hydrogens (tertiary/aromatic N) is 1. The molecule has 0 aliphatic carbocycles. The third kappa shape index (κ3) is 3.84. The Morgan fingerprint density at radius 3 is 2.72 bits per heavy atom. The molecule has 1 rings (SSSR count). The largest absolute Gasteiger partial charge is 0.366 e. The summed E-state index contributed by atoms with van der Waals surface area (Å²) in [6, 6.07) is 3.54. The van der Waals surface area contributed by atoms with Crippen LogP contribution in [0.5, 0.6) is 0 Å². The first kappa shape index (κ1) is 14.2. The first-order valence-electron chi connectivity index (χ1n) is 6.16. The van der Waals surface area contributed by atoms with Crippen LogP contribution in [-0.2, 0) is 6.42 Å². The van der Waals surface area contributed by atoms with Crippen molar-refractivity contribution in [2.45, 2.75) is 33.6 Å². The quantitative estimate of drug-likeness (QED) is 0.810. The number of aromatic nitrogens is 1. The fraction of sp³-hybridized carbons (Fsp3) is 0.333. The molecule has 0 saturated heterocycles. The third-order valence-electron chi connectivity index (χ3n) is 2.80. The summed E-state index contributed by atoms with van der Waals surface area (Å²) >= 11 is 0. The average Bonchev–Trinajstić information content (AvgIpc) is 2.34. The molecule has 3 heteroatoms. The van der Waals surface area contributed by atoms with Gasteiger partial charge < -0.3 is 5.73 Å². The van der Waals surface area contributed by atoms with Gasteiger partial charge in [0.25, 0.3) is 5.91 Å². The smallest absolute Gasteiger partial charge is 0.250 e. The fourth-order valence-corrected chi connectivity index (χ4v) is 1.73. The monoisotopic (exact) mass is 244 g/mol. The molecule has 1 aromatic rings. The summed E-state index contributed by atoms with van der Waals surface area (Å²) < 4.78 is 0. The predicted octanol–water partition coefficient (Wildman–Crippen LogP) is 2.94. The van der Waals surface area contributed by atoms with Gasteiger partial charge in [-0.3, -0.25) is 9.78 Å². The number of rotatable bonds is 5. The topological polar surface area (TPSA) is 56.0 Å². The number of aryl methyl sites for hydroxylation is 1. The van der Waals surface area contributed by atoms with Gasteiger partial charge in [0.15, 0.2) is 0 Å². The Bertz CT molecular complexity index is 487. The van der Waals surface area contributed by atoms with Crippen molar-refractivity contribution >= 4 is 5.91 Å². The van der Waals surface area contributed by atoms with Gasteiger partial charge in [0, 0.05) is 12.1 Å². The minimum Gasteiger partial charge on any atom is -0.366 e. The maximum absolute atomic E-state index is 11.3. The van der Waals surface area contributed by atoms with Crippen LogP contribution >= 0.6 is 0 Å². The standard InChI is InChI=1S/C15H20N2O/c1-4-12(5-2)7-6-8-14-13(15(16)18)10-9-11(3)17-14/h4,6-7,9-10H,5,8H2,1-3H3,(H2,16,18). The molecule has 0 aliphatic heterocycles. The SMILES string of the molecule is CC=C(C=CCc1nc(C)ccc1C(N)=O)CC. The van der Waals surface area contributed by atoms with Crippen LogP contribution in [0, 0.1) is 6.92 Å². The lowest BCUT2D eigenvalue weighted by Crippen LogP contribution is -2.15. The number of pyridine rings is 1. The van der Waals surface area contributed by atoms with Crippen molar-refractivity contribution in [1.29, 1.82) is 0 Å². The van der Waals surface area contributed by atoms with Gasteiger partial charge in [0.05, 0.1) is 11.3 Å². The number of amides is 1. The number of hydrogen-bond donors (Lipinski definition) is 1. The van der Waals surface area contributed by atoms with Crippen LogP contribution in [0.2, 0.25) is 0 Å². The first-order chi connectivity index (χ1) is 8.58. The fourth-order valence-electron chi connectivity index (χ4n) is 1.73. The van der Waals surface area contributed by atoms with Crippen LogP contribution in [0.15, 0.2) is 35.9 Å². The van der Waals surface area contributed by atoms with E-state index in [1.54, 1.807) is 12.1 Å². The third-order valence-corrected chi connectivity index (χ3v) is 2.80. The first-order valence-corrected chi connectivity index (χ1v) is 6.16. The van der Waals surface area contributed by atoms with Crippen molar-refractivity contribution in [2.24, 2.45) is 5.73 Å². The van der Waals surface area contributed by atoms with Gasteiger partial charge in [-0.15, -0.1) is 0 Å². The molecule has 1 heterocycles. The van der Waals surface area contributed by atoms with Gasteiger partial charge in [0.1, 0.15) is 0 Å². The summed E-state index contributed by atoms with van der Waals surface area (Å²) in [5, 5.41) is 0. The summed E-state index contributed by atoms with van der Waals surface area (Å²) in [5.41, 5.74) is 8.74. The van der Waals surface area contributed by atoms with Crippen molar-refractivity contribution < 1.29 is 4.79 Å². The molecule has 0 fully saturated rings. The lowest BCUT2D eigenvalue weighted by Gasteiger charge is -2.04. The van der Waals surface area contributed by atoms with Crippen LogP contribution in [-0.4, -0.2) is 10.9 Å². The van der Waals surface area contributed by atoms with E-state index in [0.717, 1.165) is 17.8 Å². The summed E-state index contributed by atoms with van der Waals surface area (Å²) in [7, 11) is 0. The molecule has 0 bridgehead atoms. The molecule has 18 heavy (non-hydrogen) atoms. The van der Waals surface area contributed by atoms with Crippen molar-refractivity contribution in [3.05, 3.63) is 52.9 Å². The Morgan fingerprint density at radius 2 is 2.17 bits per heavy atom. The van der Waals surface area contributed by atoms with E-state index >= 15 is 0 Å². The maximum Gasteiger partial charge on any atom is 0.250 e. The second-order valence-electron chi connectivity index (χ2n) is 4.13. The van der Waals surface area contributed by atoms with Gasteiger partial charge in [0.2, 0.25) is 0 Å². The zero-order chi connectivity index (χ0) is 13.5. The highest BCUT2D eigenvalue weighted by Crippen LogP contribution is 2.10. The Hall–Kier alpha value is -1.90. The van der Waals surface area contributed by atoms with Gasteiger partial charge in [-0.1, -0.05) is 30.7 Å². The second kappa shape index (κ2) is 6.74. The molecule has 0 aliphatic rings. The predicted molar refractivity (Wildman–Crippen MR) is 74.4 cm³/mol. The molecule has 1 aromatic heterocycles. The van der Waals surface area contributed by atoms with E-state index in [1.807, 2.05) is 19.9 Å². The van der Waals surface area contributed by atoms with E-state index in [-0.39, 0.29) is 0 Å². The summed E-state index contributed by atoms with van der Waals surface area (Å²) in [6.07, 6.45) is 7.78. The van der Waals surface area contributed by atoms with Crippen LogP contribution in [0.4, 0.5) is 0 Å². The highest BCUT2D eigenvalue weighted by molar-refractivity contribution is 5.93. The van der Waals surface area contributed by atoms with Crippen LogP contribution in [0.3, 0.4) is 0 Å². The summed E-state index contributed by atoms with van der Waals surface area (Å²) in [6.45, 7) is 6.03. The molecule has 2 N–H and O–H groups in total. The number of carbonyl (C=O) groups excluding carboxylic acids is 1.